The van der Waals surface area contributed by atoms with Crippen LogP contribution in [0.4, 0.5) is 5.82 Å². The fourth-order valence-corrected chi connectivity index (χ4v) is 3.05. The number of benzene rings is 1. The standard InChI is InChI=1S/C12H12Br2N2O/c1-6(2)10-11(17-16-12(10)15)7-3-8(13)5-9(14)4-7/h3-6H,1-2H3,(H2,15,16). The number of hydrogen-bond donors (Lipinski definition) is 1. The highest BCUT2D eigenvalue weighted by molar-refractivity contribution is 9.11. The number of hydrogen-bond acceptors (Lipinski definition) is 3. The predicted octanol–water partition coefficient (Wildman–Crippen LogP) is 4.57. The van der Waals surface area contributed by atoms with Crippen LogP contribution in [0.2, 0.25) is 0 Å². The maximum atomic E-state index is 5.83. The van der Waals surface area contributed by atoms with Gasteiger partial charge in [-0.15, -0.1) is 0 Å². The average molecular weight is 360 g/mol. The molecular formula is C12H12Br2N2O. The predicted molar refractivity (Wildman–Crippen MR) is 75.8 cm³/mol. The molecule has 2 N–H and O–H groups in total. The van der Waals surface area contributed by atoms with Crippen molar-refractivity contribution in [3.8, 4) is 11.3 Å². The van der Waals surface area contributed by atoms with E-state index in [1.165, 1.54) is 0 Å². The Labute approximate surface area is 117 Å². The Morgan fingerprint density at radius 2 is 1.76 bits per heavy atom. The smallest absolute Gasteiger partial charge is 0.172 e. The normalized spacial score (nSPS) is 11.1. The maximum absolute atomic E-state index is 5.83. The molecule has 5 heteroatoms. The van der Waals surface area contributed by atoms with Crippen LogP contribution >= 0.6 is 31.9 Å². The molecule has 0 fully saturated rings. The van der Waals surface area contributed by atoms with Crippen LogP contribution in [0, 0.1) is 0 Å². The zero-order chi connectivity index (χ0) is 12.6. The van der Waals surface area contributed by atoms with Gasteiger partial charge in [0.15, 0.2) is 11.6 Å². The Morgan fingerprint density at radius 1 is 1.18 bits per heavy atom. The first-order valence-electron chi connectivity index (χ1n) is 5.20. The molecule has 1 heterocycles. The first-order chi connectivity index (χ1) is 7.99. The molecule has 0 aliphatic carbocycles. The van der Waals surface area contributed by atoms with Crippen molar-refractivity contribution in [3.63, 3.8) is 0 Å². The molecular weight excluding hydrogens is 348 g/mol. The summed E-state index contributed by atoms with van der Waals surface area (Å²) in [7, 11) is 0. The zero-order valence-electron chi connectivity index (χ0n) is 9.50. The summed E-state index contributed by atoms with van der Waals surface area (Å²) < 4.78 is 7.29. The molecule has 17 heavy (non-hydrogen) atoms. The minimum atomic E-state index is 0.272. The fourth-order valence-electron chi connectivity index (χ4n) is 1.76. The van der Waals surface area contributed by atoms with Gasteiger partial charge in [-0.25, -0.2) is 0 Å². The van der Waals surface area contributed by atoms with Gasteiger partial charge in [-0.1, -0.05) is 50.9 Å². The Hall–Kier alpha value is -0.810. The van der Waals surface area contributed by atoms with Crippen molar-refractivity contribution in [3.05, 3.63) is 32.7 Å². The van der Waals surface area contributed by atoms with E-state index in [0.29, 0.717) is 5.82 Å². The van der Waals surface area contributed by atoms with E-state index < -0.39 is 0 Å². The Kier molecular flexibility index (Phi) is 3.58. The van der Waals surface area contributed by atoms with E-state index in [9.17, 15) is 0 Å². The van der Waals surface area contributed by atoms with E-state index in [1.54, 1.807) is 0 Å². The third-order valence-corrected chi connectivity index (χ3v) is 3.37. The van der Waals surface area contributed by atoms with E-state index in [2.05, 4.69) is 50.9 Å². The van der Waals surface area contributed by atoms with Crippen LogP contribution in [0.1, 0.15) is 25.3 Å². The molecule has 0 saturated heterocycles. The molecule has 0 atom stereocenters. The van der Waals surface area contributed by atoms with Crippen LogP contribution in [-0.2, 0) is 0 Å². The highest BCUT2D eigenvalue weighted by atomic mass is 79.9. The molecule has 0 radical (unpaired) electrons. The van der Waals surface area contributed by atoms with Gasteiger partial charge in [0, 0.05) is 20.1 Å². The summed E-state index contributed by atoms with van der Waals surface area (Å²) in [5.41, 5.74) is 7.74. The van der Waals surface area contributed by atoms with Crippen LogP contribution in [0.25, 0.3) is 11.3 Å². The fraction of sp³-hybridized carbons (Fsp3) is 0.250. The molecule has 0 bridgehead atoms. The highest BCUT2D eigenvalue weighted by Gasteiger charge is 2.19. The molecule has 90 valence electrons. The summed E-state index contributed by atoms with van der Waals surface area (Å²) >= 11 is 6.91. The summed E-state index contributed by atoms with van der Waals surface area (Å²) in [6.07, 6.45) is 0. The first-order valence-corrected chi connectivity index (χ1v) is 6.79. The van der Waals surface area contributed by atoms with Gasteiger partial charge in [0.25, 0.3) is 0 Å². The molecule has 1 aromatic carbocycles. The summed E-state index contributed by atoms with van der Waals surface area (Å²) in [6.45, 7) is 4.14. The van der Waals surface area contributed by atoms with Crippen LogP contribution in [0.3, 0.4) is 0 Å². The second-order valence-corrected chi connectivity index (χ2v) is 5.95. The third kappa shape index (κ3) is 2.55. The van der Waals surface area contributed by atoms with Crippen LogP contribution in [-0.4, -0.2) is 5.16 Å². The van der Waals surface area contributed by atoms with E-state index in [1.807, 2.05) is 18.2 Å². The largest absolute Gasteiger partial charge is 0.381 e. The molecule has 0 saturated carbocycles. The van der Waals surface area contributed by atoms with Gasteiger partial charge in [-0.2, -0.15) is 0 Å². The number of aromatic nitrogens is 1. The Bertz CT molecular complexity index is 529. The zero-order valence-corrected chi connectivity index (χ0v) is 12.7. The van der Waals surface area contributed by atoms with E-state index in [0.717, 1.165) is 25.8 Å². The van der Waals surface area contributed by atoms with Gasteiger partial charge < -0.3 is 10.3 Å². The van der Waals surface area contributed by atoms with Crippen LogP contribution in [0.15, 0.2) is 31.7 Å². The van der Waals surface area contributed by atoms with Crippen molar-refractivity contribution in [2.24, 2.45) is 0 Å². The molecule has 0 aliphatic heterocycles. The van der Waals surface area contributed by atoms with Crippen LogP contribution < -0.4 is 5.73 Å². The molecule has 0 spiro atoms. The van der Waals surface area contributed by atoms with Gasteiger partial charge in [0.2, 0.25) is 0 Å². The lowest BCUT2D eigenvalue weighted by molar-refractivity contribution is 0.434. The lowest BCUT2D eigenvalue weighted by Crippen LogP contribution is -1.95. The lowest BCUT2D eigenvalue weighted by atomic mass is 9.99. The minimum Gasteiger partial charge on any atom is -0.381 e. The van der Waals surface area contributed by atoms with E-state index in [4.69, 9.17) is 10.3 Å². The number of nitrogen functional groups attached to an aromatic ring is 1. The minimum absolute atomic E-state index is 0.272. The SMILES string of the molecule is CC(C)c1c(N)noc1-c1cc(Br)cc(Br)c1. The monoisotopic (exact) mass is 358 g/mol. The van der Waals surface area contributed by atoms with Crippen molar-refractivity contribution >= 4 is 37.7 Å². The van der Waals surface area contributed by atoms with Gasteiger partial charge >= 0.3 is 0 Å². The number of rotatable bonds is 2. The molecule has 0 amide bonds. The summed E-state index contributed by atoms with van der Waals surface area (Å²) in [4.78, 5) is 0. The molecule has 3 nitrogen and oxygen atoms in total. The molecule has 2 rings (SSSR count). The van der Waals surface area contributed by atoms with Crippen molar-refractivity contribution in [1.82, 2.24) is 5.16 Å². The van der Waals surface area contributed by atoms with Crippen molar-refractivity contribution in [1.29, 1.82) is 0 Å². The first kappa shape index (κ1) is 12.6. The lowest BCUT2D eigenvalue weighted by Gasteiger charge is -2.06. The molecule has 0 unspecified atom stereocenters. The summed E-state index contributed by atoms with van der Waals surface area (Å²) in [5, 5.41) is 3.85. The quantitative estimate of drug-likeness (QED) is 0.854. The summed E-state index contributed by atoms with van der Waals surface area (Å²) in [5.74, 6) is 1.47. The van der Waals surface area contributed by atoms with Crippen LogP contribution in [0.5, 0.6) is 0 Å². The van der Waals surface area contributed by atoms with Crippen molar-refractivity contribution in [2.75, 3.05) is 5.73 Å². The Morgan fingerprint density at radius 3 is 2.29 bits per heavy atom. The van der Waals surface area contributed by atoms with Gasteiger partial charge in [-0.05, 0) is 24.1 Å². The second kappa shape index (κ2) is 4.82. The van der Waals surface area contributed by atoms with E-state index in [-0.39, 0.29) is 5.92 Å². The maximum Gasteiger partial charge on any atom is 0.172 e. The molecule has 0 aliphatic rings. The van der Waals surface area contributed by atoms with Crippen molar-refractivity contribution in [2.45, 2.75) is 19.8 Å². The van der Waals surface area contributed by atoms with Gasteiger partial charge in [0.1, 0.15) is 0 Å². The average Bonchev–Trinajstić information content (AvgIpc) is 2.58. The number of nitrogens with two attached hydrogens (primary N) is 1. The highest BCUT2D eigenvalue weighted by Crippen LogP contribution is 2.35. The Balaban J connectivity index is 2.60. The van der Waals surface area contributed by atoms with Gasteiger partial charge in [0.05, 0.1) is 0 Å². The number of nitrogens with zero attached hydrogens (tertiary/aromatic N) is 1. The number of halogens is 2. The second-order valence-electron chi connectivity index (χ2n) is 4.12. The molecule has 2 aromatic rings. The molecule has 1 aromatic heterocycles. The van der Waals surface area contributed by atoms with Gasteiger partial charge in [-0.3, -0.25) is 0 Å². The third-order valence-electron chi connectivity index (χ3n) is 2.46. The number of anilines is 1. The topological polar surface area (TPSA) is 52.0 Å². The van der Waals surface area contributed by atoms with E-state index >= 15 is 0 Å². The summed E-state index contributed by atoms with van der Waals surface area (Å²) in [6, 6.07) is 5.94. The van der Waals surface area contributed by atoms with Crippen molar-refractivity contribution < 1.29 is 4.52 Å².